The zero-order chi connectivity index (χ0) is 21.5. The van der Waals surface area contributed by atoms with E-state index in [2.05, 4.69) is 36.7 Å². The number of phenolic OH excluding ortho intramolecular Hbond substituents is 1. The van der Waals surface area contributed by atoms with E-state index in [4.69, 9.17) is 0 Å². The molecule has 0 aliphatic heterocycles. The summed E-state index contributed by atoms with van der Waals surface area (Å²) < 4.78 is 0.953. The monoisotopic (exact) mass is 464 g/mol. The summed E-state index contributed by atoms with van der Waals surface area (Å²) >= 11 is 3.36. The van der Waals surface area contributed by atoms with Crippen LogP contribution in [-0.2, 0) is 11.2 Å². The molecule has 3 rings (SSSR count). The van der Waals surface area contributed by atoms with E-state index in [9.17, 15) is 9.90 Å². The topological polar surface area (TPSA) is 86.4 Å². The molecule has 7 heteroatoms. The molecular formula is C23H21BrN4O2. The van der Waals surface area contributed by atoms with Crippen molar-refractivity contribution in [3.8, 4) is 5.75 Å². The number of rotatable bonds is 6. The quantitative estimate of drug-likeness (QED) is 0.271. The highest BCUT2D eigenvalue weighted by atomic mass is 79.9. The van der Waals surface area contributed by atoms with Gasteiger partial charge in [0.1, 0.15) is 5.75 Å². The molecule has 3 aromatic carbocycles. The first-order chi connectivity index (χ1) is 14.4. The highest BCUT2D eigenvalue weighted by Gasteiger charge is 2.04. The van der Waals surface area contributed by atoms with Gasteiger partial charge < -0.3 is 5.11 Å². The van der Waals surface area contributed by atoms with Crippen molar-refractivity contribution in [1.29, 1.82) is 0 Å². The molecule has 152 valence electrons. The van der Waals surface area contributed by atoms with Crippen LogP contribution in [0.5, 0.6) is 5.75 Å². The van der Waals surface area contributed by atoms with Crippen LogP contribution in [0, 0.1) is 13.8 Å². The standard InChI is InChI=1S/C23H21BrN4O2/c1-15-3-8-20(11-16(15)2)26-27-21-9-10-22(29)18(13-21)14-25-28-23(30)12-17-4-6-19(24)7-5-17/h3-11,13-14,29H,12H2,1-2H3,(H,28,30)/b25-14-,27-26?. The number of phenols is 1. The minimum absolute atomic E-state index is 0.0334. The van der Waals surface area contributed by atoms with Crippen molar-refractivity contribution in [3.63, 3.8) is 0 Å². The largest absolute Gasteiger partial charge is 0.507 e. The fourth-order valence-corrected chi connectivity index (χ4v) is 2.88. The Hall–Kier alpha value is -3.32. The van der Waals surface area contributed by atoms with Crippen molar-refractivity contribution in [2.24, 2.45) is 15.3 Å². The Bertz CT molecular complexity index is 1110. The lowest BCUT2D eigenvalue weighted by molar-refractivity contribution is -0.120. The van der Waals surface area contributed by atoms with Gasteiger partial charge in [0.25, 0.3) is 0 Å². The molecule has 0 saturated heterocycles. The SMILES string of the molecule is Cc1ccc(N=Nc2ccc(O)c(/C=N\NC(=O)Cc3ccc(Br)cc3)c2)cc1C. The number of halogens is 1. The van der Waals surface area contributed by atoms with Crippen molar-refractivity contribution in [2.75, 3.05) is 0 Å². The minimum atomic E-state index is -0.251. The molecule has 0 spiro atoms. The van der Waals surface area contributed by atoms with Gasteiger partial charge in [-0.2, -0.15) is 15.3 Å². The summed E-state index contributed by atoms with van der Waals surface area (Å²) in [7, 11) is 0. The smallest absolute Gasteiger partial charge is 0.244 e. The lowest BCUT2D eigenvalue weighted by atomic mass is 10.1. The molecule has 30 heavy (non-hydrogen) atoms. The van der Waals surface area contributed by atoms with Crippen LogP contribution in [0.25, 0.3) is 0 Å². The van der Waals surface area contributed by atoms with Crippen molar-refractivity contribution in [1.82, 2.24) is 5.43 Å². The van der Waals surface area contributed by atoms with Gasteiger partial charge in [-0.15, -0.1) is 0 Å². The molecular weight excluding hydrogens is 444 g/mol. The second kappa shape index (κ2) is 9.93. The number of nitrogens with zero attached hydrogens (tertiary/aromatic N) is 3. The van der Waals surface area contributed by atoms with Gasteiger partial charge in [-0.3, -0.25) is 4.79 Å². The molecule has 0 bridgehead atoms. The lowest BCUT2D eigenvalue weighted by Gasteiger charge is -2.02. The minimum Gasteiger partial charge on any atom is -0.507 e. The molecule has 0 saturated carbocycles. The molecule has 6 nitrogen and oxygen atoms in total. The van der Waals surface area contributed by atoms with Gasteiger partial charge in [0, 0.05) is 10.0 Å². The van der Waals surface area contributed by atoms with Crippen LogP contribution in [0.15, 0.2) is 80.5 Å². The first-order valence-corrected chi connectivity index (χ1v) is 10.1. The van der Waals surface area contributed by atoms with Gasteiger partial charge in [-0.25, -0.2) is 5.43 Å². The average Bonchev–Trinajstić information content (AvgIpc) is 2.72. The molecule has 0 unspecified atom stereocenters. The van der Waals surface area contributed by atoms with Crippen molar-refractivity contribution >= 4 is 39.4 Å². The Balaban J connectivity index is 1.64. The van der Waals surface area contributed by atoms with Crippen molar-refractivity contribution in [3.05, 3.63) is 87.4 Å². The fourth-order valence-electron chi connectivity index (χ4n) is 2.61. The number of aromatic hydroxyl groups is 1. The summed E-state index contributed by atoms with van der Waals surface area (Å²) in [5, 5.41) is 22.4. The van der Waals surface area contributed by atoms with Crippen LogP contribution in [0.3, 0.4) is 0 Å². The van der Waals surface area contributed by atoms with Gasteiger partial charge in [0.15, 0.2) is 0 Å². The van der Waals surface area contributed by atoms with E-state index in [1.165, 1.54) is 17.8 Å². The number of aryl methyl sites for hydroxylation is 2. The summed E-state index contributed by atoms with van der Waals surface area (Å²) in [4.78, 5) is 12.0. The van der Waals surface area contributed by atoms with Crippen LogP contribution in [-0.4, -0.2) is 17.2 Å². The second-order valence-corrected chi connectivity index (χ2v) is 7.72. The van der Waals surface area contributed by atoms with Gasteiger partial charge in [0.2, 0.25) is 5.91 Å². The Kier molecular flexibility index (Phi) is 7.08. The van der Waals surface area contributed by atoms with E-state index < -0.39 is 0 Å². The molecule has 0 fully saturated rings. The third-order valence-electron chi connectivity index (χ3n) is 4.45. The Morgan fingerprint density at radius 1 is 0.967 bits per heavy atom. The zero-order valence-corrected chi connectivity index (χ0v) is 18.2. The van der Waals surface area contributed by atoms with Gasteiger partial charge in [-0.05, 0) is 73.0 Å². The maximum Gasteiger partial charge on any atom is 0.244 e. The number of hydrogen-bond acceptors (Lipinski definition) is 5. The Morgan fingerprint density at radius 3 is 2.33 bits per heavy atom. The molecule has 1 amide bonds. The van der Waals surface area contributed by atoms with Crippen LogP contribution in [0.1, 0.15) is 22.3 Å². The van der Waals surface area contributed by atoms with Crippen LogP contribution in [0.4, 0.5) is 11.4 Å². The van der Waals surface area contributed by atoms with Crippen molar-refractivity contribution in [2.45, 2.75) is 20.3 Å². The molecule has 0 atom stereocenters. The molecule has 0 aromatic heterocycles. The first kappa shape index (κ1) is 21.4. The maximum atomic E-state index is 12.0. The van der Waals surface area contributed by atoms with Crippen LogP contribution < -0.4 is 5.43 Å². The fraction of sp³-hybridized carbons (Fsp3) is 0.130. The Labute approximate surface area is 183 Å². The lowest BCUT2D eigenvalue weighted by Crippen LogP contribution is -2.19. The average molecular weight is 465 g/mol. The van der Waals surface area contributed by atoms with Gasteiger partial charge in [-0.1, -0.05) is 34.1 Å². The molecule has 0 radical (unpaired) electrons. The highest BCUT2D eigenvalue weighted by molar-refractivity contribution is 9.10. The summed E-state index contributed by atoms with van der Waals surface area (Å²) in [6, 6.07) is 18.2. The summed E-state index contributed by atoms with van der Waals surface area (Å²) in [5.74, 6) is -0.218. The normalized spacial score (nSPS) is 11.3. The number of azo groups is 1. The van der Waals surface area contributed by atoms with Crippen molar-refractivity contribution < 1.29 is 9.90 Å². The van der Waals surface area contributed by atoms with E-state index in [1.54, 1.807) is 12.1 Å². The number of carbonyl (C=O) groups is 1. The van der Waals surface area contributed by atoms with E-state index in [0.717, 1.165) is 21.3 Å². The molecule has 0 heterocycles. The number of hydrazone groups is 1. The Morgan fingerprint density at radius 2 is 1.63 bits per heavy atom. The van der Waals surface area contributed by atoms with E-state index in [0.29, 0.717) is 11.3 Å². The number of carbonyl (C=O) groups excluding carboxylic acids is 1. The number of nitrogens with one attached hydrogen (secondary N) is 1. The molecule has 0 aliphatic carbocycles. The first-order valence-electron chi connectivity index (χ1n) is 9.29. The number of hydrogen-bond donors (Lipinski definition) is 2. The van der Waals surface area contributed by atoms with E-state index >= 15 is 0 Å². The van der Waals surface area contributed by atoms with E-state index in [1.807, 2.05) is 56.3 Å². The molecule has 0 aliphatic rings. The predicted molar refractivity (Wildman–Crippen MR) is 122 cm³/mol. The highest BCUT2D eigenvalue weighted by Crippen LogP contribution is 2.25. The van der Waals surface area contributed by atoms with Crippen LogP contribution >= 0.6 is 15.9 Å². The number of benzene rings is 3. The third-order valence-corrected chi connectivity index (χ3v) is 4.98. The van der Waals surface area contributed by atoms with Gasteiger partial charge >= 0.3 is 0 Å². The summed E-state index contributed by atoms with van der Waals surface area (Å²) in [6.07, 6.45) is 1.59. The summed E-state index contributed by atoms with van der Waals surface area (Å²) in [5.41, 5.74) is 7.42. The predicted octanol–water partition coefficient (Wildman–Crippen LogP) is 5.88. The van der Waals surface area contributed by atoms with E-state index in [-0.39, 0.29) is 18.1 Å². The maximum absolute atomic E-state index is 12.0. The molecule has 2 N–H and O–H groups in total. The second-order valence-electron chi connectivity index (χ2n) is 6.81. The molecule has 3 aromatic rings. The third kappa shape index (κ3) is 6.09. The van der Waals surface area contributed by atoms with Crippen LogP contribution in [0.2, 0.25) is 0 Å². The number of amides is 1. The summed E-state index contributed by atoms with van der Waals surface area (Å²) in [6.45, 7) is 4.06. The zero-order valence-electron chi connectivity index (χ0n) is 16.6. The van der Waals surface area contributed by atoms with Gasteiger partial charge in [0.05, 0.1) is 24.0 Å².